The minimum Gasteiger partial charge on any atom is -0.381 e. The molecule has 2 atom stereocenters. The van der Waals surface area contributed by atoms with E-state index in [4.69, 9.17) is 22.1 Å². The van der Waals surface area contributed by atoms with Crippen LogP contribution in [-0.4, -0.2) is 43.2 Å². The molecule has 24 heavy (non-hydrogen) atoms. The normalized spacial score (nSPS) is 26.0. The lowest BCUT2D eigenvalue weighted by atomic mass is 9.72. The van der Waals surface area contributed by atoms with Crippen LogP contribution in [0, 0.1) is 5.92 Å². The minimum absolute atomic E-state index is 0. The molecule has 0 spiro atoms. The monoisotopic (exact) mass is 372 g/mol. The largest absolute Gasteiger partial charge is 0.381 e. The van der Waals surface area contributed by atoms with E-state index in [9.17, 15) is 4.79 Å². The maximum atomic E-state index is 13.5. The van der Waals surface area contributed by atoms with Crippen molar-refractivity contribution in [3.63, 3.8) is 0 Å². The molecule has 2 aliphatic rings. The average molecular weight is 373 g/mol. The van der Waals surface area contributed by atoms with E-state index in [0.717, 1.165) is 18.5 Å². The lowest BCUT2D eigenvalue weighted by molar-refractivity contribution is -0.142. The van der Waals surface area contributed by atoms with Gasteiger partial charge in [0.25, 0.3) is 0 Å². The summed E-state index contributed by atoms with van der Waals surface area (Å²) < 4.78 is 5.53. The SMILES string of the molecule is CC1CC(CN)CN1C(=O)C1(c2ccccc2Cl)CCOCC1.Cl. The first-order valence-corrected chi connectivity index (χ1v) is 8.80. The number of likely N-dealkylation sites (tertiary alicyclic amines) is 1. The highest BCUT2D eigenvalue weighted by atomic mass is 35.5. The van der Waals surface area contributed by atoms with E-state index in [1.165, 1.54) is 0 Å². The fourth-order valence-electron chi connectivity index (χ4n) is 4.04. The van der Waals surface area contributed by atoms with Crippen LogP contribution < -0.4 is 5.73 Å². The van der Waals surface area contributed by atoms with Gasteiger partial charge in [0.2, 0.25) is 5.91 Å². The van der Waals surface area contributed by atoms with Crippen molar-refractivity contribution in [2.45, 2.75) is 37.6 Å². The van der Waals surface area contributed by atoms with Crippen molar-refractivity contribution >= 4 is 29.9 Å². The first-order chi connectivity index (χ1) is 11.1. The van der Waals surface area contributed by atoms with E-state index in [1.54, 1.807) is 0 Å². The van der Waals surface area contributed by atoms with Gasteiger partial charge in [0.05, 0.1) is 5.41 Å². The number of benzene rings is 1. The van der Waals surface area contributed by atoms with Crippen LogP contribution in [0.2, 0.25) is 5.02 Å². The molecule has 0 radical (unpaired) electrons. The molecule has 0 aromatic heterocycles. The van der Waals surface area contributed by atoms with Crippen molar-refractivity contribution in [2.24, 2.45) is 11.7 Å². The Balaban J connectivity index is 0.00000208. The van der Waals surface area contributed by atoms with Crippen LogP contribution >= 0.6 is 24.0 Å². The highest BCUT2D eigenvalue weighted by Crippen LogP contribution is 2.41. The van der Waals surface area contributed by atoms with Gasteiger partial charge in [-0.15, -0.1) is 12.4 Å². The summed E-state index contributed by atoms with van der Waals surface area (Å²) in [5.41, 5.74) is 6.21. The Bertz CT molecular complexity index is 576. The van der Waals surface area contributed by atoms with E-state index in [-0.39, 0.29) is 24.4 Å². The molecule has 6 heteroatoms. The van der Waals surface area contributed by atoms with Crippen LogP contribution in [0.1, 0.15) is 31.7 Å². The molecule has 1 aromatic carbocycles. The number of rotatable bonds is 3. The summed E-state index contributed by atoms with van der Waals surface area (Å²) in [6, 6.07) is 7.97. The Labute approximate surface area is 155 Å². The topological polar surface area (TPSA) is 55.6 Å². The number of halogens is 2. The Hall–Kier alpha value is -0.810. The number of hydrogen-bond acceptors (Lipinski definition) is 3. The molecule has 0 bridgehead atoms. The zero-order valence-corrected chi connectivity index (χ0v) is 15.6. The number of amides is 1. The third-order valence-corrected chi connectivity index (χ3v) is 5.73. The molecule has 4 nitrogen and oxygen atoms in total. The summed E-state index contributed by atoms with van der Waals surface area (Å²) in [4.78, 5) is 15.5. The molecular weight excluding hydrogens is 347 g/mol. The summed E-state index contributed by atoms with van der Waals surface area (Å²) >= 11 is 6.46. The third kappa shape index (κ3) is 3.43. The lowest BCUT2D eigenvalue weighted by Crippen LogP contribution is -2.51. The molecule has 1 amide bonds. The minimum atomic E-state index is -0.561. The highest BCUT2D eigenvalue weighted by Gasteiger charge is 2.47. The maximum Gasteiger partial charge on any atom is 0.233 e. The van der Waals surface area contributed by atoms with Gasteiger partial charge in [0.1, 0.15) is 0 Å². The van der Waals surface area contributed by atoms with Crippen molar-refractivity contribution in [3.8, 4) is 0 Å². The number of carbonyl (C=O) groups is 1. The highest BCUT2D eigenvalue weighted by molar-refractivity contribution is 6.31. The molecule has 2 saturated heterocycles. The van der Waals surface area contributed by atoms with Gasteiger partial charge >= 0.3 is 0 Å². The van der Waals surface area contributed by atoms with Gasteiger partial charge in [-0.25, -0.2) is 0 Å². The van der Waals surface area contributed by atoms with Crippen LogP contribution in [0.15, 0.2) is 24.3 Å². The fourth-order valence-corrected chi connectivity index (χ4v) is 4.36. The van der Waals surface area contributed by atoms with Crippen molar-refractivity contribution in [2.75, 3.05) is 26.3 Å². The molecular formula is C18H26Cl2N2O2. The van der Waals surface area contributed by atoms with Crippen LogP contribution in [0.5, 0.6) is 0 Å². The molecule has 2 fully saturated rings. The molecule has 2 N–H and O–H groups in total. The average Bonchev–Trinajstić information content (AvgIpc) is 2.96. The zero-order valence-electron chi connectivity index (χ0n) is 14.0. The lowest BCUT2D eigenvalue weighted by Gasteiger charge is -2.40. The number of carbonyl (C=O) groups excluding carboxylic acids is 1. The van der Waals surface area contributed by atoms with E-state index < -0.39 is 5.41 Å². The number of nitrogens with two attached hydrogens (primary N) is 1. The van der Waals surface area contributed by atoms with Gasteiger partial charge in [-0.05, 0) is 50.3 Å². The summed E-state index contributed by atoms with van der Waals surface area (Å²) in [5, 5.41) is 0.671. The molecule has 2 heterocycles. The second-order valence-electron chi connectivity index (χ2n) is 6.82. The van der Waals surface area contributed by atoms with Crippen LogP contribution in [-0.2, 0) is 14.9 Å². The Morgan fingerprint density at radius 2 is 2.04 bits per heavy atom. The molecule has 134 valence electrons. The van der Waals surface area contributed by atoms with Gasteiger partial charge in [-0.3, -0.25) is 4.79 Å². The molecule has 3 rings (SSSR count). The van der Waals surface area contributed by atoms with Crippen LogP contribution in [0.3, 0.4) is 0 Å². The molecule has 1 aromatic rings. The summed E-state index contributed by atoms with van der Waals surface area (Å²) in [6.07, 6.45) is 2.36. The predicted molar refractivity (Wildman–Crippen MR) is 98.8 cm³/mol. The van der Waals surface area contributed by atoms with E-state index >= 15 is 0 Å². The number of hydrogen-bond donors (Lipinski definition) is 1. The third-order valence-electron chi connectivity index (χ3n) is 5.40. The summed E-state index contributed by atoms with van der Waals surface area (Å²) in [6.45, 7) is 4.70. The van der Waals surface area contributed by atoms with Gasteiger partial charge in [0, 0.05) is 30.8 Å². The fraction of sp³-hybridized carbons (Fsp3) is 0.611. The van der Waals surface area contributed by atoms with Crippen LogP contribution in [0.25, 0.3) is 0 Å². The Morgan fingerprint density at radius 3 is 2.62 bits per heavy atom. The second-order valence-corrected chi connectivity index (χ2v) is 7.23. The van der Waals surface area contributed by atoms with E-state index in [2.05, 4.69) is 6.92 Å². The van der Waals surface area contributed by atoms with Gasteiger partial charge in [-0.1, -0.05) is 29.8 Å². The first kappa shape index (κ1) is 19.5. The number of nitrogens with zero attached hydrogens (tertiary/aromatic N) is 1. The standard InChI is InChI=1S/C18H25ClN2O2.ClH/c1-13-10-14(11-20)12-21(13)17(22)18(6-8-23-9-7-18)15-4-2-3-5-16(15)19;/h2-5,13-14H,6-12,20H2,1H3;1H. The summed E-state index contributed by atoms with van der Waals surface area (Å²) in [5.74, 6) is 0.592. The smallest absolute Gasteiger partial charge is 0.233 e. The van der Waals surface area contributed by atoms with Gasteiger partial charge in [-0.2, -0.15) is 0 Å². The first-order valence-electron chi connectivity index (χ1n) is 8.42. The maximum absolute atomic E-state index is 13.5. The van der Waals surface area contributed by atoms with Crippen molar-refractivity contribution < 1.29 is 9.53 Å². The quantitative estimate of drug-likeness (QED) is 0.886. The molecule has 0 saturated carbocycles. The van der Waals surface area contributed by atoms with E-state index in [0.29, 0.717) is 43.5 Å². The predicted octanol–water partition coefficient (Wildman–Crippen LogP) is 3.01. The molecule has 2 aliphatic heterocycles. The zero-order chi connectivity index (χ0) is 16.4. The van der Waals surface area contributed by atoms with Crippen LogP contribution in [0.4, 0.5) is 0 Å². The van der Waals surface area contributed by atoms with E-state index in [1.807, 2.05) is 29.2 Å². The Morgan fingerprint density at radius 1 is 1.38 bits per heavy atom. The second kappa shape index (κ2) is 8.05. The molecule has 0 aliphatic carbocycles. The molecule has 2 unspecified atom stereocenters. The van der Waals surface area contributed by atoms with Crippen molar-refractivity contribution in [3.05, 3.63) is 34.9 Å². The Kier molecular flexibility index (Phi) is 6.54. The summed E-state index contributed by atoms with van der Waals surface area (Å²) in [7, 11) is 0. The van der Waals surface area contributed by atoms with Crippen molar-refractivity contribution in [1.29, 1.82) is 0 Å². The van der Waals surface area contributed by atoms with Gasteiger partial charge in [0.15, 0.2) is 0 Å². The van der Waals surface area contributed by atoms with Gasteiger partial charge < -0.3 is 15.4 Å². The van der Waals surface area contributed by atoms with Crippen molar-refractivity contribution in [1.82, 2.24) is 4.90 Å². The number of ether oxygens (including phenoxy) is 1.